The Balaban J connectivity index is 2.50. The third kappa shape index (κ3) is 18.6. The van der Waals surface area contributed by atoms with Crippen LogP contribution in [0.1, 0.15) is 110 Å². The number of alkyl halides is 3. The van der Waals surface area contributed by atoms with Crippen molar-refractivity contribution in [2.75, 3.05) is 0 Å². The minimum atomic E-state index is -4.77. The van der Waals surface area contributed by atoms with E-state index in [0.717, 1.165) is 12.0 Å². The zero-order valence-corrected chi connectivity index (χ0v) is 36.0. The number of aryl methyl sites for hydroxylation is 1. The molecule has 0 aliphatic heterocycles. The summed E-state index contributed by atoms with van der Waals surface area (Å²) in [6.45, 7) is 10.0. The summed E-state index contributed by atoms with van der Waals surface area (Å²) in [6.07, 6.45) is -5.42. The normalized spacial score (nSPS) is 16.3. The van der Waals surface area contributed by atoms with Gasteiger partial charge in [-0.2, -0.15) is 13.2 Å². The van der Waals surface area contributed by atoms with Gasteiger partial charge in [0, 0.05) is 12.8 Å². The molecule has 17 nitrogen and oxygen atoms in total. The van der Waals surface area contributed by atoms with Crippen LogP contribution < -0.4 is 31.9 Å². The van der Waals surface area contributed by atoms with Crippen LogP contribution in [0.15, 0.2) is 24.3 Å². The molecule has 0 radical (unpaired) electrons. The van der Waals surface area contributed by atoms with Crippen molar-refractivity contribution in [1.82, 2.24) is 31.9 Å². The van der Waals surface area contributed by atoms with Crippen LogP contribution in [0.5, 0.6) is 0 Å². The predicted molar refractivity (Wildman–Crippen MR) is 218 cm³/mol. The Morgan fingerprint density at radius 3 is 1.84 bits per heavy atom. The average molecular weight is 883 g/mol. The SMILES string of the molecule is Cc1ccccc1C[C@H](NC(=O)C(NC(=O)[C@@H](CC(=O)O)NC(=O)CCC(=O)O)C1CCCCC1)C(=O)N[C@H](C(=O)N[C@@H](CC(C)C)C(=O)N[C@H](C=O)CC(F)(F)F)C(C)(C)C. The molecular formula is C42H61F3N6O11. The highest BCUT2D eigenvalue weighted by molar-refractivity contribution is 5.97. The third-order valence-electron chi connectivity index (χ3n) is 10.3. The molecule has 6 atom stereocenters. The van der Waals surface area contributed by atoms with Crippen molar-refractivity contribution < 1.29 is 66.5 Å². The fourth-order valence-electron chi connectivity index (χ4n) is 7.06. The Kier molecular flexibility index (Phi) is 20.5. The molecule has 0 bridgehead atoms. The number of benzene rings is 1. The van der Waals surface area contributed by atoms with Crippen molar-refractivity contribution in [2.45, 2.75) is 155 Å². The summed E-state index contributed by atoms with van der Waals surface area (Å²) in [4.78, 5) is 116. The Labute approximate surface area is 358 Å². The van der Waals surface area contributed by atoms with Crippen molar-refractivity contribution >= 4 is 53.7 Å². The molecule has 0 aromatic heterocycles. The molecule has 0 spiro atoms. The molecule has 8 N–H and O–H groups in total. The number of carbonyl (C=O) groups excluding carboxylic acids is 7. The van der Waals surface area contributed by atoms with E-state index < -0.39 is 127 Å². The number of aldehydes is 1. The zero-order valence-electron chi connectivity index (χ0n) is 36.0. The molecule has 0 heterocycles. The molecule has 62 heavy (non-hydrogen) atoms. The monoisotopic (exact) mass is 882 g/mol. The van der Waals surface area contributed by atoms with Gasteiger partial charge in [-0.3, -0.25) is 38.4 Å². The first-order valence-electron chi connectivity index (χ1n) is 20.6. The van der Waals surface area contributed by atoms with E-state index in [4.69, 9.17) is 5.11 Å². The fraction of sp³-hybridized carbons (Fsp3) is 0.643. The molecule has 1 fully saturated rings. The van der Waals surface area contributed by atoms with E-state index in [1.54, 1.807) is 65.8 Å². The number of amides is 6. The lowest BCUT2D eigenvalue weighted by Crippen LogP contribution is -2.63. The van der Waals surface area contributed by atoms with Crippen LogP contribution in [-0.4, -0.2) is 106 Å². The minimum Gasteiger partial charge on any atom is -0.481 e. The largest absolute Gasteiger partial charge is 0.481 e. The standard InChI is InChI=1S/C42H61F3N6O11/c1-23(2)18-28(36(58)46-27(22-52)21-42(43,44)45)49-40(62)35(41(4,5)6)51-38(60)29(19-26-15-11-10-12-24(26)3)48-39(61)34(25-13-8-7-9-14-25)50-37(59)30(20-33(56)57)47-31(53)16-17-32(54)55/h10-12,15,22-23,25,27-30,34-35H,7-9,13-14,16-21H2,1-6H3,(H,46,58)(H,47,53)(H,48,61)(H,49,62)(H,50,59)(H,51,60)(H,54,55)(H,56,57)/t27-,28-,29-,30+,34?,35+/m0/s1. The minimum absolute atomic E-state index is 0.0421. The molecule has 1 aromatic rings. The number of hydrogen-bond acceptors (Lipinski definition) is 9. The lowest BCUT2D eigenvalue weighted by molar-refractivity contribution is -0.147. The van der Waals surface area contributed by atoms with Crippen molar-refractivity contribution in [3.05, 3.63) is 35.4 Å². The van der Waals surface area contributed by atoms with Gasteiger partial charge in [0.25, 0.3) is 0 Å². The number of carboxylic acids is 2. The van der Waals surface area contributed by atoms with Gasteiger partial charge < -0.3 is 46.9 Å². The summed E-state index contributed by atoms with van der Waals surface area (Å²) in [6, 6.07) is -2.15. The first kappa shape index (κ1) is 52.6. The Hall–Kier alpha value is -5.56. The third-order valence-corrected chi connectivity index (χ3v) is 10.3. The van der Waals surface area contributed by atoms with E-state index >= 15 is 0 Å². The molecule has 1 unspecified atom stereocenters. The highest BCUT2D eigenvalue weighted by Crippen LogP contribution is 2.28. The molecule has 1 aliphatic carbocycles. The molecule has 6 amide bonds. The molecule has 1 aromatic carbocycles. The second-order valence-corrected chi connectivity index (χ2v) is 17.3. The summed E-state index contributed by atoms with van der Waals surface area (Å²) in [7, 11) is 0. The number of halogens is 3. The van der Waals surface area contributed by atoms with Gasteiger partial charge in [0.05, 0.1) is 25.3 Å². The second-order valence-electron chi connectivity index (χ2n) is 17.3. The van der Waals surface area contributed by atoms with Crippen LogP contribution in [-0.2, 0) is 49.6 Å². The van der Waals surface area contributed by atoms with Crippen molar-refractivity contribution in [2.24, 2.45) is 17.3 Å². The van der Waals surface area contributed by atoms with Gasteiger partial charge in [-0.1, -0.05) is 78.1 Å². The van der Waals surface area contributed by atoms with Crippen molar-refractivity contribution in [1.29, 1.82) is 0 Å². The number of carbonyl (C=O) groups is 9. The van der Waals surface area contributed by atoms with Crippen molar-refractivity contribution in [3.8, 4) is 0 Å². The first-order valence-corrected chi connectivity index (χ1v) is 20.6. The maximum atomic E-state index is 14.4. The summed E-state index contributed by atoms with van der Waals surface area (Å²) >= 11 is 0. The second kappa shape index (κ2) is 24.2. The van der Waals surface area contributed by atoms with Crippen LogP contribution in [0, 0.1) is 24.2 Å². The van der Waals surface area contributed by atoms with Crippen LogP contribution >= 0.6 is 0 Å². The van der Waals surface area contributed by atoms with E-state index in [1.807, 2.05) is 5.32 Å². The topological polar surface area (TPSA) is 266 Å². The molecular weight excluding hydrogens is 821 g/mol. The summed E-state index contributed by atoms with van der Waals surface area (Å²) in [5.74, 6) is -9.01. The number of hydrogen-bond donors (Lipinski definition) is 8. The summed E-state index contributed by atoms with van der Waals surface area (Å²) in [5, 5.41) is 33.2. The Bertz CT molecular complexity index is 1760. The summed E-state index contributed by atoms with van der Waals surface area (Å²) < 4.78 is 39.2. The average Bonchev–Trinajstić information content (AvgIpc) is 3.16. The number of carboxylic acid groups (broad SMARTS) is 2. The zero-order chi connectivity index (χ0) is 46.9. The lowest BCUT2D eigenvalue weighted by Gasteiger charge is -2.34. The smallest absolute Gasteiger partial charge is 0.391 e. The van der Waals surface area contributed by atoms with Crippen LogP contribution in [0.4, 0.5) is 13.2 Å². The lowest BCUT2D eigenvalue weighted by atomic mass is 9.83. The van der Waals surface area contributed by atoms with Gasteiger partial charge in [-0.15, -0.1) is 0 Å². The van der Waals surface area contributed by atoms with E-state index in [-0.39, 0.29) is 25.0 Å². The van der Waals surface area contributed by atoms with Crippen LogP contribution in [0.25, 0.3) is 0 Å². The molecule has 20 heteroatoms. The summed E-state index contributed by atoms with van der Waals surface area (Å²) in [5.41, 5.74) is 0.314. The van der Waals surface area contributed by atoms with E-state index in [0.29, 0.717) is 31.2 Å². The van der Waals surface area contributed by atoms with Gasteiger partial charge in [0.1, 0.15) is 36.5 Å². The van der Waals surface area contributed by atoms with E-state index in [2.05, 4.69) is 26.6 Å². The highest BCUT2D eigenvalue weighted by Gasteiger charge is 2.40. The van der Waals surface area contributed by atoms with Crippen molar-refractivity contribution in [3.63, 3.8) is 0 Å². The Morgan fingerprint density at radius 2 is 1.31 bits per heavy atom. The predicted octanol–water partition coefficient (Wildman–Crippen LogP) is 2.61. The molecule has 1 aliphatic rings. The Morgan fingerprint density at radius 1 is 0.726 bits per heavy atom. The van der Waals surface area contributed by atoms with Crippen LogP contribution in [0.2, 0.25) is 0 Å². The molecule has 2 rings (SSSR count). The van der Waals surface area contributed by atoms with E-state index in [9.17, 15) is 61.4 Å². The quantitative estimate of drug-likeness (QED) is 0.0741. The van der Waals surface area contributed by atoms with Gasteiger partial charge in [-0.25, -0.2) is 0 Å². The first-order chi connectivity index (χ1) is 28.8. The fourth-order valence-corrected chi connectivity index (χ4v) is 7.06. The van der Waals surface area contributed by atoms with Gasteiger partial charge >= 0.3 is 18.1 Å². The van der Waals surface area contributed by atoms with Crippen LogP contribution in [0.3, 0.4) is 0 Å². The molecule has 346 valence electrons. The number of nitrogens with one attached hydrogen (secondary N) is 6. The van der Waals surface area contributed by atoms with Gasteiger partial charge in [0.15, 0.2) is 0 Å². The van der Waals surface area contributed by atoms with Gasteiger partial charge in [0.2, 0.25) is 35.4 Å². The molecule has 0 saturated heterocycles. The highest BCUT2D eigenvalue weighted by atomic mass is 19.4. The van der Waals surface area contributed by atoms with E-state index in [1.165, 1.54) is 0 Å². The maximum absolute atomic E-state index is 14.4. The number of rotatable bonds is 23. The maximum Gasteiger partial charge on any atom is 0.391 e. The van der Waals surface area contributed by atoms with Gasteiger partial charge in [-0.05, 0) is 54.6 Å². The molecule has 1 saturated carbocycles. The number of aliphatic carboxylic acids is 2.